The number of benzene rings is 1. The molecule has 3 aromatic rings. The number of ether oxygens (including phenoxy) is 1. The van der Waals surface area contributed by atoms with E-state index in [2.05, 4.69) is 58.5 Å². The van der Waals surface area contributed by atoms with E-state index in [9.17, 15) is 0 Å². The third-order valence-corrected chi connectivity index (χ3v) is 5.77. The molecule has 0 aliphatic carbocycles. The monoisotopic (exact) mass is 412 g/mol. The lowest BCUT2D eigenvalue weighted by molar-refractivity contribution is 0.281. The number of aromatic amines is 1. The number of fused-ring (bicyclic) bond motifs is 1. The Balaban J connectivity index is 1.61. The molecule has 0 atom stereocenters. The van der Waals surface area contributed by atoms with Crippen LogP contribution in [0.25, 0.3) is 22.3 Å². The van der Waals surface area contributed by atoms with Crippen molar-refractivity contribution in [2.75, 3.05) is 40.3 Å². The molecule has 0 saturated carbocycles. The average molecular weight is 413 g/mol. The van der Waals surface area contributed by atoms with E-state index in [1.165, 1.54) is 5.56 Å². The van der Waals surface area contributed by atoms with Crippen LogP contribution >= 0.6 is 11.6 Å². The number of rotatable bonds is 7. The number of hydrogen-bond donors (Lipinski definition) is 2. The highest BCUT2D eigenvalue weighted by Crippen LogP contribution is 2.39. The van der Waals surface area contributed by atoms with Gasteiger partial charge in [-0.3, -0.25) is 0 Å². The topological polar surface area (TPSA) is 53.2 Å². The summed E-state index contributed by atoms with van der Waals surface area (Å²) in [4.78, 5) is 10.3. The molecular formula is C23H29ClN4O. The molecule has 1 aliphatic rings. The Morgan fingerprint density at radius 3 is 2.66 bits per heavy atom. The summed E-state index contributed by atoms with van der Waals surface area (Å²) in [6.45, 7) is 3.85. The van der Waals surface area contributed by atoms with E-state index in [4.69, 9.17) is 16.3 Å². The minimum atomic E-state index is 0.502. The molecule has 0 spiro atoms. The highest BCUT2D eigenvalue weighted by molar-refractivity contribution is 6.31. The zero-order valence-corrected chi connectivity index (χ0v) is 17.9. The molecule has 29 heavy (non-hydrogen) atoms. The van der Waals surface area contributed by atoms with E-state index in [-0.39, 0.29) is 0 Å². The van der Waals surface area contributed by atoms with Crippen molar-refractivity contribution in [3.8, 4) is 17.0 Å². The van der Waals surface area contributed by atoms with Gasteiger partial charge in [0.1, 0.15) is 11.4 Å². The van der Waals surface area contributed by atoms with E-state index in [0.29, 0.717) is 10.9 Å². The first-order chi connectivity index (χ1) is 14.1. The van der Waals surface area contributed by atoms with Crippen LogP contribution in [0.4, 0.5) is 0 Å². The summed E-state index contributed by atoms with van der Waals surface area (Å²) in [7, 11) is 4.16. The van der Waals surface area contributed by atoms with Crippen molar-refractivity contribution >= 4 is 22.6 Å². The van der Waals surface area contributed by atoms with Gasteiger partial charge in [0.2, 0.25) is 0 Å². The lowest BCUT2D eigenvalue weighted by atomic mass is 9.87. The maximum absolute atomic E-state index is 6.28. The fourth-order valence-corrected chi connectivity index (χ4v) is 4.27. The molecule has 1 aliphatic heterocycles. The van der Waals surface area contributed by atoms with Gasteiger partial charge >= 0.3 is 0 Å². The molecule has 3 heterocycles. The van der Waals surface area contributed by atoms with Crippen LogP contribution < -0.4 is 10.1 Å². The molecule has 0 unspecified atom stereocenters. The minimum Gasteiger partial charge on any atom is -0.494 e. The second-order valence-electron chi connectivity index (χ2n) is 8.02. The van der Waals surface area contributed by atoms with Crippen LogP contribution in [-0.4, -0.2) is 55.2 Å². The maximum atomic E-state index is 6.28. The number of aromatic nitrogens is 2. The van der Waals surface area contributed by atoms with E-state index < -0.39 is 0 Å². The van der Waals surface area contributed by atoms with Gasteiger partial charge in [-0.25, -0.2) is 4.98 Å². The number of nitrogens with zero attached hydrogens (tertiary/aromatic N) is 2. The Kier molecular flexibility index (Phi) is 6.38. The predicted octanol–water partition coefficient (Wildman–Crippen LogP) is 4.68. The number of pyridine rings is 1. The van der Waals surface area contributed by atoms with E-state index in [1.807, 2.05) is 6.07 Å². The number of piperidine rings is 1. The Morgan fingerprint density at radius 2 is 1.93 bits per heavy atom. The molecule has 4 rings (SSSR count). The molecule has 2 N–H and O–H groups in total. The van der Waals surface area contributed by atoms with E-state index >= 15 is 0 Å². The van der Waals surface area contributed by atoms with Crippen LogP contribution in [0.5, 0.6) is 5.75 Å². The normalized spacial score (nSPS) is 15.3. The fourth-order valence-electron chi connectivity index (χ4n) is 4.12. The van der Waals surface area contributed by atoms with Gasteiger partial charge in [-0.15, -0.1) is 0 Å². The summed E-state index contributed by atoms with van der Waals surface area (Å²) < 4.78 is 5.89. The summed E-state index contributed by atoms with van der Waals surface area (Å²) in [5, 5.41) is 5.28. The summed E-state index contributed by atoms with van der Waals surface area (Å²) in [5.74, 6) is 1.41. The second kappa shape index (κ2) is 9.16. The lowest BCUT2D eigenvalue weighted by Crippen LogP contribution is -2.26. The van der Waals surface area contributed by atoms with Crippen molar-refractivity contribution < 1.29 is 4.74 Å². The van der Waals surface area contributed by atoms with Gasteiger partial charge in [0.15, 0.2) is 0 Å². The molecule has 1 saturated heterocycles. The molecule has 2 aromatic heterocycles. The predicted molar refractivity (Wildman–Crippen MR) is 120 cm³/mol. The highest BCUT2D eigenvalue weighted by Gasteiger charge is 2.24. The fraction of sp³-hybridized carbons (Fsp3) is 0.435. The van der Waals surface area contributed by atoms with Crippen LogP contribution in [0.2, 0.25) is 5.02 Å². The average Bonchev–Trinajstić information content (AvgIpc) is 3.10. The maximum Gasteiger partial charge on any atom is 0.138 e. The first kappa shape index (κ1) is 20.2. The lowest BCUT2D eigenvalue weighted by Gasteiger charge is -2.24. The molecule has 1 fully saturated rings. The third kappa shape index (κ3) is 4.74. The van der Waals surface area contributed by atoms with Gasteiger partial charge in [0.25, 0.3) is 0 Å². The van der Waals surface area contributed by atoms with Crippen LogP contribution in [0.15, 0.2) is 36.5 Å². The SMILES string of the molecule is CN(C)CCCOc1ccc(-c2[nH]c3ncc(Cl)cc3c2C2CCNCC2)cc1. The van der Waals surface area contributed by atoms with Crippen LogP contribution in [0.3, 0.4) is 0 Å². The van der Waals surface area contributed by atoms with Crippen molar-refractivity contribution in [2.24, 2.45) is 0 Å². The quantitative estimate of drug-likeness (QED) is 0.553. The smallest absolute Gasteiger partial charge is 0.138 e. The molecule has 0 amide bonds. The zero-order chi connectivity index (χ0) is 20.2. The number of H-pyrrole nitrogens is 1. The third-order valence-electron chi connectivity index (χ3n) is 5.57. The van der Waals surface area contributed by atoms with Crippen molar-refractivity contribution in [3.63, 3.8) is 0 Å². The number of halogens is 1. The largest absolute Gasteiger partial charge is 0.494 e. The Labute approximate surface area is 177 Å². The molecular weight excluding hydrogens is 384 g/mol. The second-order valence-corrected chi connectivity index (χ2v) is 8.45. The van der Waals surface area contributed by atoms with Crippen LogP contribution in [0, 0.1) is 0 Å². The molecule has 6 heteroatoms. The first-order valence-electron chi connectivity index (χ1n) is 10.4. The Bertz CT molecular complexity index is 945. The van der Waals surface area contributed by atoms with Crippen molar-refractivity contribution in [1.82, 2.24) is 20.2 Å². The summed E-state index contributed by atoms with van der Waals surface area (Å²) >= 11 is 6.28. The Hall–Kier alpha value is -2.08. The van der Waals surface area contributed by atoms with E-state index in [0.717, 1.165) is 73.5 Å². The molecule has 0 bridgehead atoms. The molecule has 0 radical (unpaired) electrons. The highest BCUT2D eigenvalue weighted by atomic mass is 35.5. The summed E-state index contributed by atoms with van der Waals surface area (Å²) in [6, 6.07) is 10.4. The number of hydrogen-bond acceptors (Lipinski definition) is 4. The van der Waals surface area contributed by atoms with Gasteiger partial charge in [-0.2, -0.15) is 0 Å². The van der Waals surface area contributed by atoms with Gasteiger partial charge < -0.3 is 19.9 Å². The van der Waals surface area contributed by atoms with Crippen LogP contribution in [-0.2, 0) is 0 Å². The standard InChI is InChI=1S/C23H29ClN4O/c1-28(2)12-3-13-29-19-6-4-17(5-7-19)22-21(16-8-10-25-11-9-16)20-14-18(24)15-26-23(20)27-22/h4-7,14-16,25H,3,8-13H2,1-2H3,(H,26,27). The van der Waals surface area contributed by atoms with Crippen molar-refractivity contribution in [3.05, 3.63) is 47.1 Å². The van der Waals surface area contributed by atoms with Gasteiger partial charge in [-0.1, -0.05) is 11.6 Å². The molecule has 154 valence electrons. The summed E-state index contributed by atoms with van der Waals surface area (Å²) in [5.41, 5.74) is 4.56. The minimum absolute atomic E-state index is 0.502. The zero-order valence-electron chi connectivity index (χ0n) is 17.2. The molecule has 5 nitrogen and oxygen atoms in total. The van der Waals surface area contributed by atoms with Crippen LogP contribution in [0.1, 0.15) is 30.7 Å². The van der Waals surface area contributed by atoms with Gasteiger partial charge in [-0.05, 0) is 93.8 Å². The van der Waals surface area contributed by atoms with Crippen molar-refractivity contribution in [1.29, 1.82) is 0 Å². The first-order valence-corrected chi connectivity index (χ1v) is 10.8. The number of nitrogens with one attached hydrogen (secondary N) is 2. The van der Waals surface area contributed by atoms with E-state index in [1.54, 1.807) is 6.20 Å². The van der Waals surface area contributed by atoms with Crippen molar-refractivity contribution in [2.45, 2.75) is 25.2 Å². The van der Waals surface area contributed by atoms with Gasteiger partial charge in [0.05, 0.1) is 17.3 Å². The Morgan fingerprint density at radius 1 is 1.17 bits per heavy atom. The molecule has 1 aromatic carbocycles. The van der Waals surface area contributed by atoms with Gasteiger partial charge in [0, 0.05) is 18.1 Å². The summed E-state index contributed by atoms with van der Waals surface area (Å²) in [6.07, 6.45) is 4.98.